The number of aromatic nitrogens is 3. The molecule has 2 amide bonds. The number of nitro groups is 1. The van der Waals surface area contributed by atoms with Gasteiger partial charge in [0.05, 0.1) is 10.6 Å². The largest absolute Gasteiger partial charge is 0.365 e. The molecule has 0 radical (unpaired) electrons. The van der Waals surface area contributed by atoms with Gasteiger partial charge in [-0.15, -0.1) is 11.3 Å². The van der Waals surface area contributed by atoms with Gasteiger partial charge in [0.1, 0.15) is 21.6 Å². The second-order valence-electron chi connectivity index (χ2n) is 6.45. The molecule has 0 fully saturated rings. The molecule has 4 rings (SSSR count). The Morgan fingerprint density at radius 1 is 1.25 bits per heavy atom. The number of alkyl halides is 2. The smallest absolute Gasteiger partial charge is 0.319 e. The highest BCUT2D eigenvalue weighted by Crippen LogP contribution is 2.42. The van der Waals surface area contributed by atoms with E-state index in [-0.39, 0.29) is 26.3 Å². The molecule has 0 aliphatic carbocycles. The molecule has 1 aromatic carbocycles. The van der Waals surface area contributed by atoms with Gasteiger partial charge < -0.3 is 11.1 Å². The van der Waals surface area contributed by atoms with Gasteiger partial charge >= 0.3 is 5.69 Å². The van der Waals surface area contributed by atoms with Crippen LogP contribution < -0.4 is 11.1 Å². The number of thiophene rings is 1. The van der Waals surface area contributed by atoms with Crippen molar-refractivity contribution in [2.24, 2.45) is 5.73 Å². The van der Waals surface area contributed by atoms with Crippen molar-refractivity contribution in [2.45, 2.75) is 6.43 Å². The second kappa shape index (κ2) is 8.11. The van der Waals surface area contributed by atoms with Crippen LogP contribution >= 0.6 is 11.3 Å². The highest BCUT2D eigenvalue weighted by molar-refractivity contribution is 7.21. The Hall–Kier alpha value is -4.26. The molecule has 162 valence electrons. The molecule has 3 aromatic heterocycles. The van der Waals surface area contributed by atoms with E-state index in [4.69, 9.17) is 5.73 Å². The highest BCUT2D eigenvalue weighted by atomic mass is 32.1. The number of carbonyl (C=O) groups excluding carboxylic acids is 2. The fourth-order valence-electron chi connectivity index (χ4n) is 3.13. The van der Waals surface area contributed by atoms with Crippen molar-refractivity contribution in [3.63, 3.8) is 0 Å². The van der Waals surface area contributed by atoms with Gasteiger partial charge in [0.25, 0.3) is 18.2 Å². The van der Waals surface area contributed by atoms with Crippen molar-refractivity contribution in [3.05, 3.63) is 69.0 Å². The second-order valence-corrected chi connectivity index (χ2v) is 7.45. The third-order valence-electron chi connectivity index (χ3n) is 4.50. The first-order valence-electron chi connectivity index (χ1n) is 8.87. The van der Waals surface area contributed by atoms with Crippen LogP contribution in [0.4, 0.5) is 20.2 Å². The van der Waals surface area contributed by atoms with Crippen LogP contribution in [0.5, 0.6) is 0 Å². The highest BCUT2D eigenvalue weighted by Gasteiger charge is 2.28. The van der Waals surface area contributed by atoms with Gasteiger partial charge in [-0.05, 0) is 17.2 Å². The Kier molecular flexibility index (Phi) is 5.32. The monoisotopic (exact) mass is 458 g/mol. The fourth-order valence-corrected chi connectivity index (χ4v) is 4.14. The summed E-state index contributed by atoms with van der Waals surface area (Å²) < 4.78 is 27.0. The number of hydrogen-bond acceptors (Lipinski definition) is 7. The number of primary amides is 1. The molecule has 0 unspecified atom stereocenters. The third kappa shape index (κ3) is 3.65. The minimum Gasteiger partial charge on any atom is -0.365 e. The number of nitrogens with one attached hydrogen (secondary N) is 2. The number of nitrogens with two attached hydrogens (primary N) is 1. The quantitative estimate of drug-likeness (QED) is 0.294. The molecule has 0 saturated heterocycles. The van der Waals surface area contributed by atoms with Crippen LogP contribution in [0.25, 0.3) is 21.3 Å². The van der Waals surface area contributed by atoms with E-state index in [1.807, 2.05) is 0 Å². The maximum atomic E-state index is 13.5. The number of amides is 2. The van der Waals surface area contributed by atoms with Crippen molar-refractivity contribution in [3.8, 4) is 11.1 Å². The third-order valence-corrected chi connectivity index (χ3v) is 5.59. The summed E-state index contributed by atoms with van der Waals surface area (Å²) in [6.07, 6.45) is -2.02. The number of pyridine rings is 1. The zero-order valence-corrected chi connectivity index (χ0v) is 16.7. The zero-order chi connectivity index (χ0) is 23.0. The van der Waals surface area contributed by atoms with Gasteiger partial charge in [0.15, 0.2) is 0 Å². The lowest BCUT2D eigenvalue weighted by Crippen LogP contribution is -2.18. The van der Waals surface area contributed by atoms with Crippen molar-refractivity contribution in [1.29, 1.82) is 0 Å². The summed E-state index contributed by atoms with van der Waals surface area (Å²) in [5.41, 5.74) is 4.62. The molecule has 0 spiro atoms. The van der Waals surface area contributed by atoms with E-state index >= 15 is 0 Å². The van der Waals surface area contributed by atoms with Crippen molar-refractivity contribution < 1.29 is 23.3 Å². The summed E-state index contributed by atoms with van der Waals surface area (Å²) in [6.45, 7) is 0. The molecule has 0 bridgehead atoms. The zero-order valence-electron chi connectivity index (χ0n) is 15.8. The minimum atomic E-state index is -2.88. The first kappa shape index (κ1) is 21.0. The van der Waals surface area contributed by atoms with Crippen molar-refractivity contribution in [1.82, 2.24) is 15.2 Å². The molecular formula is C19H12F2N6O4S. The van der Waals surface area contributed by atoms with Crippen LogP contribution in [0.2, 0.25) is 0 Å². The van der Waals surface area contributed by atoms with E-state index in [2.05, 4.69) is 20.5 Å². The predicted molar refractivity (Wildman–Crippen MR) is 112 cm³/mol. The molecule has 0 saturated carbocycles. The fraction of sp³-hybridized carbons (Fsp3) is 0.0526. The summed E-state index contributed by atoms with van der Waals surface area (Å²) in [5, 5.41) is 19.5. The van der Waals surface area contributed by atoms with Gasteiger partial charge in [-0.2, -0.15) is 5.10 Å². The van der Waals surface area contributed by atoms with E-state index in [0.29, 0.717) is 5.56 Å². The van der Waals surface area contributed by atoms with Crippen LogP contribution in [-0.2, 0) is 0 Å². The van der Waals surface area contributed by atoms with Gasteiger partial charge in [-0.25, -0.2) is 13.8 Å². The number of hydrogen-bond donors (Lipinski definition) is 3. The molecule has 0 atom stereocenters. The molecule has 4 aromatic rings. The predicted octanol–water partition coefficient (Wildman–Crippen LogP) is 3.88. The summed E-state index contributed by atoms with van der Waals surface area (Å²) in [6, 6.07) is 9.61. The summed E-state index contributed by atoms with van der Waals surface area (Å²) in [7, 11) is 0. The maximum absolute atomic E-state index is 13.5. The van der Waals surface area contributed by atoms with Crippen LogP contribution in [0.3, 0.4) is 0 Å². The summed E-state index contributed by atoms with van der Waals surface area (Å²) in [4.78, 5) is 39.0. The van der Waals surface area contributed by atoms with Gasteiger partial charge in [-0.3, -0.25) is 24.8 Å². The number of carbonyl (C=O) groups is 2. The van der Waals surface area contributed by atoms with E-state index in [9.17, 15) is 28.5 Å². The van der Waals surface area contributed by atoms with Crippen LogP contribution in [-0.4, -0.2) is 31.9 Å². The first-order chi connectivity index (χ1) is 15.3. The number of benzene rings is 1. The Morgan fingerprint density at radius 3 is 2.59 bits per heavy atom. The molecule has 32 heavy (non-hydrogen) atoms. The standard InChI is InChI=1S/C19H12F2N6O4S/c20-16(21)10-6-9(8-4-2-1-3-5-8)12-14(15(17(22)28)32-19(12)24-10)25-18(29)13-11(27(30)31)7-23-26-13/h1-7,16H,(H2,22,28)(H,23,26)(H,25,29). The average Bonchev–Trinajstić information content (AvgIpc) is 3.39. The number of H-pyrrole nitrogens is 1. The molecule has 4 N–H and O–H groups in total. The molecule has 10 nitrogen and oxygen atoms in total. The van der Waals surface area contributed by atoms with Crippen LogP contribution in [0, 0.1) is 10.1 Å². The van der Waals surface area contributed by atoms with E-state index < -0.39 is 40.2 Å². The van der Waals surface area contributed by atoms with E-state index in [0.717, 1.165) is 23.6 Å². The number of halogens is 2. The normalized spacial score (nSPS) is 11.1. The van der Waals surface area contributed by atoms with Crippen molar-refractivity contribution in [2.75, 3.05) is 5.32 Å². The van der Waals surface area contributed by atoms with Gasteiger partial charge in [-0.1, -0.05) is 30.3 Å². The Bertz CT molecular complexity index is 1370. The molecule has 3 heterocycles. The Morgan fingerprint density at radius 2 is 1.97 bits per heavy atom. The number of rotatable bonds is 6. The lowest BCUT2D eigenvalue weighted by Gasteiger charge is -2.10. The van der Waals surface area contributed by atoms with E-state index in [1.165, 1.54) is 0 Å². The summed E-state index contributed by atoms with van der Waals surface area (Å²) in [5.74, 6) is -1.90. The lowest BCUT2D eigenvalue weighted by atomic mass is 10.0. The molecule has 0 aliphatic rings. The van der Waals surface area contributed by atoms with Crippen LogP contribution in [0.1, 0.15) is 32.3 Å². The minimum absolute atomic E-state index is 0.0462. The van der Waals surface area contributed by atoms with Gasteiger partial charge in [0.2, 0.25) is 5.69 Å². The number of aromatic amines is 1. The Labute approximate surface area is 181 Å². The molecular weight excluding hydrogens is 446 g/mol. The van der Waals surface area contributed by atoms with Gasteiger partial charge in [0, 0.05) is 5.39 Å². The Balaban J connectivity index is 1.96. The average molecular weight is 458 g/mol. The molecule has 0 aliphatic heterocycles. The SMILES string of the molecule is NC(=O)c1sc2nc(C(F)F)cc(-c3ccccc3)c2c1NC(=O)c1[nH]ncc1[N+](=O)[O-]. The topological polar surface area (TPSA) is 157 Å². The number of fused-ring (bicyclic) bond motifs is 1. The van der Waals surface area contributed by atoms with E-state index in [1.54, 1.807) is 30.3 Å². The lowest BCUT2D eigenvalue weighted by molar-refractivity contribution is -0.385. The van der Waals surface area contributed by atoms with Crippen molar-refractivity contribution >= 4 is 44.7 Å². The maximum Gasteiger partial charge on any atom is 0.319 e. The summed E-state index contributed by atoms with van der Waals surface area (Å²) >= 11 is 0.729. The van der Waals surface area contributed by atoms with Crippen LogP contribution in [0.15, 0.2) is 42.6 Å². The molecule has 13 heteroatoms. The number of anilines is 1. The first-order valence-corrected chi connectivity index (χ1v) is 9.69. The number of nitrogens with zero attached hydrogens (tertiary/aromatic N) is 3.